The van der Waals surface area contributed by atoms with E-state index >= 15 is 0 Å². The van der Waals surface area contributed by atoms with Gasteiger partial charge in [-0.15, -0.1) is 23.7 Å². The zero-order valence-electron chi connectivity index (χ0n) is 15.1. The van der Waals surface area contributed by atoms with E-state index in [0.717, 1.165) is 63.3 Å². The summed E-state index contributed by atoms with van der Waals surface area (Å²) < 4.78 is 0. The fourth-order valence-corrected chi connectivity index (χ4v) is 5.32. The number of nitrogens with one attached hydrogen (secondary N) is 1. The normalized spacial score (nSPS) is 24.7. The maximum atomic E-state index is 13.0. The maximum absolute atomic E-state index is 13.0. The first-order valence-corrected chi connectivity index (χ1v) is 10.4. The molecule has 1 unspecified atom stereocenters. The molecule has 1 spiro atoms. The topological polar surface area (TPSA) is 52.7 Å². The lowest BCUT2D eigenvalue weighted by Crippen LogP contribution is -2.52. The molecule has 3 aliphatic heterocycles. The van der Waals surface area contributed by atoms with Crippen LogP contribution in [-0.2, 0) is 16.0 Å². The quantitative estimate of drug-likeness (QED) is 0.851. The summed E-state index contributed by atoms with van der Waals surface area (Å²) in [5, 5.41) is 5.47. The first kappa shape index (κ1) is 19.6. The van der Waals surface area contributed by atoms with Crippen LogP contribution in [0.4, 0.5) is 0 Å². The molecule has 4 heterocycles. The van der Waals surface area contributed by atoms with Crippen LogP contribution in [0.25, 0.3) is 0 Å². The molecule has 144 valence electrons. The number of nitrogens with zero attached hydrogens (tertiary/aromatic N) is 2. The van der Waals surface area contributed by atoms with E-state index in [0.29, 0.717) is 11.8 Å². The van der Waals surface area contributed by atoms with Gasteiger partial charge < -0.3 is 15.1 Å². The van der Waals surface area contributed by atoms with E-state index in [4.69, 9.17) is 0 Å². The van der Waals surface area contributed by atoms with Crippen LogP contribution in [0.2, 0.25) is 0 Å². The highest BCUT2D eigenvalue weighted by Gasteiger charge is 2.41. The van der Waals surface area contributed by atoms with Crippen molar-refractivity contribution in [3.63, 3.8) is 0 Å². The molecule has 3 saturated heterocycles. The standard InChI is InChI=1S/C19H27N3O2S.ClH/c23-17(13-15-3-2-12-25-15)22-9-1-4-16(22)18(24)21-10-6-19(7-11-21)5-8-20-14-19;/h2-3,12,16,20H,1,4-11,13-14H2;1H. The van der Waals surface area contributed by atoms with Gasteiger partial charge >= 0.3 is 0 Å². The Bertz CT molecular complexity index is 621. The van der Waals surface area contributed by atoms with Crippen LogP contribution in [0, 0.1) is 5.41 Å². The van der Waals surface area contributed by atoms with Crippen molar-refractivity contribution in [3.8, 4) is 0 Å². The van der Waals surface area contributed by atoms with Gasteiger partial charge in [-0.3, -0.25) is 9.59 Å². The number of hydrogen-bond acceptors (Lipinski definition) is 4. The third kappa shape index (κ3) is 3.92. The Balaban J connectivity index is 0.00000196. The van der Waals surface area contributed by atoms with Crippen molar-refractivity contribution in [1.82, 2.24) is 15.1 Å². The largest absolute Gasteiger partial charge is 0.341 e. The molecule has 5 nitrogen and oxygen atoms in total. The van der Waals surface area contributed by atoms with Crippen LogP contribution in [0.5, 0.6) is 0 Å². The van der Waals surface area contributed by atoms with E-state index in [1.807, 2.05) is 27.3 Å². The summed E-state index contributed by atoms with van der Waals surface area (Å²) in [6.45, 7) is 4.64. The van der Waals surface area contributed by atoms with Crippen LogP contribution >= 0.6 is 23.7 Å². The maximum Gasteiger partial charge on any atom is 0.245 e. The predicted octanol–water partition coefficient (Wildman–Crippen LogP) is 2.31. The van der Waals surface area contributed by atoms with E-state index in [2.05, 4.69) is 5.32 Å². The van der Waals surface area contributed by atoms with Gasteiger partial charge in [-0.2, -0.15) is 0 Å². The van der Waals surface area contributed by atoms with Gasteiger partial charge in [0.2, 0.25) is 11.8 Å². The minimum absolute atomic E-state index is 0. The Morgan fingerprint density at radius 2 is 2.04 bits per heavy atom. The predicted molar refractivity (Wildman–Crippen MR) is 106 cm³/mol. The van der Waals surface area contributed by atoms with Crippen molar-refractivity contribution < 1.29 is 9.59 Å². The van der Waals surface area contributed by atoms with Crippen molar-refractivity contribution in [2.24, 2.45) is 5.41 Å². The van der Waals surface area contributed by atoms with Crippen molar-refractivity contribution in [2.75, 3.05) is 32.7 Å². The fraction of sp³-hybridized carbons (Fsp3) is 0.684. The second-order valence-corrected chi connectivity index (χ2v) is 8.79. The van der Waals surface area contributed by atoms with E-state index in [9.17, 15) is 9.59 Å². The molecule has 26 heavy (non-hydrogen) atoms. The number of amides is 2. The van der Waals surface area contributed by atoms with Crippen LogP contribution in [-0.4, -0.2) is 60.4 Å². The Kier molecular flexibility index (Phi) is 6.25. The van der Waals surface area contributed by atoms with Gasteiger partial charge in [0.15, 0.2) is 0 Å². The molecular weight excluding hydrogens is 370 g/mol. The number of rotatable bonds is 3. The smallest absolute Gasteiger partial charge is 0.245 e. The summed E-state index contributed by atoms with van der Waals surface area (Å²) >= 11 is 1.61. The molecule has 0 bridgehead atoms. The second-order valence-electron chi connectivity index (χ2n) is 7.75. The highest BCUT2D eigenvalue weighted by molar-refractivity contribution is 7.10. The molecule has 4 rings (SSSR count). The lowest BCUT2D eigenvalue weighted by Gasteiger charge is -2.40. The summed E-state index contributed by atoms with van der Waals surface area (Å²) in [6, 6.07) is 3.74. The highest BCUT2D eigenvalue weighted by atomic mass is 35.5. The van der Waals surface area contributed by atoms with Gasteiger partial charge in [-0.1, -0.05) is 6.07 Å². The molecule has 0 aliphatic carbocycles. The molecule has 0 saturated carbocycles. The Morgan fingerprint density at radius 1 is 1.23 bits per heavy atom. The Labute approximate surface area is 165 Å². The number of carbonyl (C=O) groups excluding carboxylic acids is 2. The summed E-state index contributed by atoms with van der Waals surface area (Å²) in [6.07, 6.45) is 5.62. The van der Waals surface area contributed by atoms with Crippen LogP contribution in [0.1, 0.15) is 37.0 Å². The zero-order chi connectivity index (χ0) is 17.3. The third-order valence-corrected chi connectivity index (χ3v) is 7.11. The minimum Gasteiger partial charge on any atom is -0.341 e. The third-order valence-electron chi connectivity index (χ3n) is 6.23. The average Bonchev–Trinajstić information content (AvgIpc) is 3.37. The lowest BCUT2D eigenvalue weighted by molar-refractivity contribution is -0.145. The first-order valence-electron chi connectivity index (χ1n) is 9.48. The number of thiophene rings is 1. The van der Waals surface area contributed by atoms with Gasteiger partial charge in [-0.05, 0) is 55.5 Å². The van der Waals surface area contributed by atoms with Crippen molar-refractivity contribution in [1.29, 1.82) is 0 Å². The van der Waals surface area contributed by atoms with Gasteiger partial charge in [0.1, 0.15) is 6.04 Å². The zero-order valence-corrected chi connectivity index (χ0v) is 16.7. The van der Waals surface area contributed by atoms with Gasteiger partial charge in [0, 0.05) is 31.1 Å². The number of likely N-dealkylation sites (tertiary alicyclic amines) is 2. The molecule has 0 radical (unpaired) electrons. The number of carbonyl (C=O) groups is 2. The second kappa shape index (κ2) is 8.28. The number of halogens is 1. The Morgan fingerprint density at radius 3 is 2.69 bits per heavy atom. The van der Waals surface area contributed by atoms with Gasteiger partial charge in [0.25, 0.3) is 0 Å². The van der Waals surface area contributed by atoms with E-state index in [1.54, 1.807) is 11.3 Å². The van der Waals surface area contributed by atoms with Crippen LogP contribution in [0.15, 0.2) is 17.5 Å². The molecule has 1 N–H and O–H groups in total. The van der Waals surface area contributed by atoms with Crippen molar-refractivity contribution >= 4 is 35.6 Å². The van der Waals surface area contributed by atoms with E-state index in [1.165, 1.54) is 6.42 Å². The van der Waals surface area contributed by atoms with E-state index in [-0.39, 0.29) is 30.3 Å². The molecule has 2 amide bonds. The minimum atomic E-state index is -0.233. The van der Waals surface area contributed by atoms with Crippen LogP contribution < -0.4 is 5.32 Å². The molecule has 3 aliphatic rings. The molecule has 1 aromatic rings. The Hall–Kier alpha value is -1.11. The van der Waals surface area contributed by atoms with Crippen molar-refractivity contribution in [2.45, 2.75) is 44.6 Å². The van der Waals surface area contributed by atoms with Gasteiger partial charge in [-0.25, -0.2) is 0 Å². The molecule has 7 heteroatoms. The molecule has 0 aromatic carbocycles. The summed E-state index contributed by atoms with van der Waals surface area (Å²) in [7, 11) is 0. The van der Waals surface area contributed by atoms with Crippen LogP contribution in [0.3, 0.4) is 0 Å². The lowest BCUT2D eigenvalue weighted by atomic mass is 9.77. The summed E-state index contributed by atoms with van der Waals surface area (Å²) in [5.41, 5.74) is 0.418. The van der Waals surface area contributed by atoms with Crippen molar-refractivity contribution in [3.05, 3.63) is 22.4 Å². The fourth-order valence-electron chi connectivity index (χ4n) is 4.62. The molecule has 3 fully saturated rings. The molecule has 1 aromatic heterocycles. The average molecular weight is 398 g/mol. The monoisotopic (exact) mass is 397 g/mol. The highest BCUT2D eigenvalue weighted by Crippen LogP contribution is 2.37. The van der Waals surface area contributed by atoms with E-state index < -0.39 is 0 Å². The number of hydrogen-bond donors (Lipinski definition) is 1. The molecule has 1 atom stereocenters. The first-order chi connectivity index (χ1) is 12.2. The van der Waals surface area contributed by atoms with Gasteiger partial charge in [0.05, 0.1) is 6.42 Å². The number of piperidine rings is 1. The SMILES string of the molecule is Cl.O=C(C1CCCN1C(=O)Cc1cccs1)N1CCC2(CCNC2)CC1. The summed E-state index contributed by atoms with van der Waals surface area (Å²) in [4.78, 5) is 30.6. The molecular formula is C19H28ClN3O2S. The summed E-state index contributed by atoms with van der Waals surface area (Å²) in [5.74, 6) is 0.282.